The fourth-order valence-electron chi connectivity index (χ4n) is 2.17. The Bertz CT molecular complexity index is 414. The van der Waals surface area contributed by atoms with Crippen LogP contribution in [-0.4, -0.2) is 11.5 Å². The van der Waals surface area contributed by atoms with Gasteiger partial charge in [0.15, 0.2) is 0 Å². The van der Waals surface area contributed by atoms with Crippen molar-refractivity contribution in [1.82, 2.24) is 0 Å². The largest absolute Gasteiger partial charge is 0.385 e. The van der Waals surface area contributed by atoms with Gasteiger partial charge in [0.05, 0.1) is 4.92 Å². The minimum atomic E-state index is -0.343. The zero-order valence-electron chi connectivity index (χ0n) is 10.1. The molecule has 1 aromatic rings. The molecule has 0 heterocycles. The predicted molar refractivity (Wildman–Crippen MR) is 68.3 cm³/mol. The average Bonchev–Trinajstić information content (AvgIpc) is 2.21. The molecule has 0 unspecified atom stereocenters. The molecule has 1 aliphatic rings. The molecule has 0 aliphatic heterocycles. The van der Waals surface area contributed by atoms with E-state index in [1.54, 1.807) is 12.1 Å². The molecule has 92 valence electrons. The Morgan fingerprint density at radius 2 is 2.18 bits per heavy atom. The molecule has 1 fully saturated rings. The number of nitrogens with one attached hydrogen (secondary N) is 1. The summed E-state index contributed by atoms with van der Waals surface area (Å²) < 4.78 is 0. The van der Waals surface area contributed by atoms with E-state index in [-0.39, 0.29) is 10.6 Å². The zero-order chi connectivity index (χ0) is 12.3. The van der Waals surface area contributed by atoms with Crippen molar-refractivity contribution in [3.8, 4) is 0 Å². The number of benzene rings is 1. The Morgan fingerprint density at radius 1 is 1.41 bits per heavy atom. The van der Waals surface area contributed by atoms with Crippen LogP contribution in [0.5, 0.6) is 0 Å². The second kappa shape index (κ2) is 5.17. The maximum absolute atomic E-state index is 10.7. The molecule has 0 bridgehead atoms. The Balaban J connectivity index is 1.92. The molecular formula is C13H18N2O2. The van der Waals surface area contributed by atoms with Crippen LogP contribution in [0.4, 0.5) is 11.4 Å². The molecule has 2 rings (SSSR count). The zero-order valence-corrected chi connectivity index (χ0v) is 10.1. The van der Waals surface area contributed by atoms with Crippen molar-refractivity contribution in [2.75, 3.05) is 11.9 Å². The van der Waals surface area contributed by atoms with E-state index >= 15 is 0 Å². The van der Waals surface area contributed by atoms with Gasteiger partial charge in [0.1, 0.15) is 0 Å². The van der Waals surface area contributed by atoms with Gasteiger partial charge in [0.25, 0.3) is 5.69 Å². The lowest BCUT2D eigenvalue weighted by atomic mass is 9.83. The molecule has 0 atom stereocenters. The first-order chi connectivity index (χ1) is 8.15. The van der Waals surface area contributed by atoms with Crippen molar-refractivity contribution < 1.29 is 4.92 Å². The highest BCUT2D eigenvalue weighted by atomic mass is 16.6. The molecule has 17 heavy (non-hydrogen) atoms. The van der Waals surface area contributed by atoms with Crippen molar-refractivity contribution in [1.29, 1.82) is 0 Å². The highest BCUT2D eigenvalue weighted by Gasteiger charge is 2.16. The molecule has 1 N–H and O–H groups in total. The van der Waals surface area contributed by atoms with Gasteiger partial charge in [-0.2, -0.15) is 0 Å². The summed E-state index contributed by atoms with van der Waals surface area (Å²) in [6.07, 6.45) is 5.22. The second-order valence-corrected chi connectivity index (χ2v) is 4.83. The normalized spacial score (nSPS) is 15.4. The van der Waals surface area contributed by atoms with E-state index in [9.17, 15) is 10.1 Å². The van der Waals surface area contributed by atoms with Crippen molar-refractivity contribution >= 4 is 11.4 Å². The summed E-state index contributed by atoms with van der Waals surface area (Å²) >= 11 is 0. The maximum atomic E-state index is 10.7. The van der Waals surface area contributed by atoms with Crippen LogP contribution in [0.25, 0.3) is 0 Å². The fraction of sp³-hybridized carbons (Fsp3) is 0.538. The van der Waals surface area contributed by atoms with Gasteiger partial charge in [-0.05, 0) is 30.9 Å². The molecule has 1 saturated carbocycles. The molecule has 0 saturated heterocycles. The number of anilines is 1. The average molecular weight is 234 g/mol. The van der Waals surface area contributed by atoms with Crippen LogP contribution in [-0.2, 0) is 0 Å². The standard InChI is InChI=1S/C13H18N2O2/c1-10-7-12(9-13(8-10)15(16)17)14-6-5-11-3-2-4-11/h7-9,11,14H,2-6H2,1H3. The number of hydrogen-bond donors (Lipinski definition) is 1. The van der Waals surface area contributed by atoms with Crippen molar-refractivity contribution in [3.63, 3.8) is 0 Å². The van der Waals surface area contributed by atoms with Gasteiger partial charge in [-0.1, -0.05) is 19.3 Å². The number of hydrogen-bond acceptors (Lipinski definition) is 3. The number of aryl methyl sites for hydroxylation is 1. The van der Waals surface area contributed by atoms with E-state index in [0.29, 0.717) is 0 Å². The summed E-state index contributed by atoms with van der Waals surface area (Å²) in [5.41, 5.74) is 1.94. The van der Waals surface area contributed by atoms with Crippen LogP contribution in [0.2, 0.25) is 0 Å². The van der Waals surface area contributed by atoms with E-state index in [0.717, 1.165) is 23.7 Å². The highest BCUT2D eigenvalue weighted by Crippen LogP contribution is 2.29. The molecule has 0 spiro atoms. The maximum Gasteiger partial charge on any atom is 0.271 e. The summed E-state index contributed by atoms with van der Waals surface area (Å²) in [5, 5.41) is 14.0. The molecule has 1 aromatic carbocycles. The monoisotopic (exact) mass is 234 g/mol. The van der Waals surface area contributed by atoms with E-state index in [2.05, 4.69) is 5.32 Å². The van der Waals surface area contributed by atoms with Crippen LogP contribution >= 0.6 is 0 Å². The summed E-state index contributed by atoms with van der Waals surface area (Å²) in [4.78, 5) is 10.4. The highest BCUT2D eigenvalue weighted by molar-refractivity contribution is 5.53. The minimum absolute atomic E-state index is 0.163. The molecule has 0 radical (unpaired) electrons. The van der Waals surface area contributed by atoms with E-state index < -0.39 is 0 Å². The fourth-order valence-corrected chi connectivity index (χ4v) is 2.17. The number of non-ortho nitro benzene ring substituents is 1. The Kier molecular flexibility index (Phi) is 3.61. The molecular weight excluding hydrogens is 216 g/mol. The third-order valence-corrected chi connectivity index (χ3v) is 3.38. The summed E-state index contributed by atoms with van der Waals surface area (Å²) in [5.74, 6) is 0.863. The van der Waals surface area contributed by atoms with E-state index in [1.165, 1.54) is 25.7 Å². The Morgan fingerprint density at radius 3 is 2.76 bits per heavy atom. The quantitative estimate of drug-likeness (QED) is 0.626. The Labute approximate surface area is 101 Å². The van der Waals surface area contributed by atoms with Gasteiger partial charge in [-0.15, -0.1) is 0 Å². The number of nitrogens with zero attached hydrogens (tertiary/aromatic N) is 1. The summed E-state index contributed by atoms with van der Waals surface area (Å²) in [6.45, 7) is 2.79. The minimum Gasteiger partial charge on any atom is -0.385 e. The van der Waals surface area contributed by atoms with E-state index in [4.69, 9.17) is 0 Å². The van der Waals surface area contributed by atoms with Gasteiger partial charge in [-0.3, -0.25) is 10.1 Å². The molecule has 4 heteroatoms. The van der Waals surface area contributed by atoms with Crippen LogP contribution in [0.3, 0.4) is 0 Å². The summed E-state index contributed by atoms with van der Waals surface area (Å²) in [7, 11) is 0. The van der Waals surface area contributed by atoms with Crippen LogP contribution in [0.15, 0.2) is 18.2 Å². The molecule has 4 nitrogen and oxygen atoms in total. The second-order valence-electron chi connectivity index (χ2n) is 4.83. The van der Waals surface area contributed by atoms with Gasteiger partial charge >= 0.3 is 0 Å². The lowest BCUT2D eigenvalue weighted by molar-refractivity contribution is -0.384. The van der Waals surface area contributed by atoms with E-state index in [1.807, 2.05) is 13.0 Å². The Hall–Kier alpha value is -1.58. The first kappa shape index (κ1) is 11.9. The lowest BCUT2D eigenvalue weighted by Crippen LogP contribution is -2.15. The van der Waals surface area contributed by atoms with Crippen LogP contribution in [0.1, 0.15) is 31.2 Å². The van der Waals surface area contributed by atoms with Crippen LogP contribution < -0.4 is 5.32 Å². The SMILES string of the molecule is Cc1cc(NCCC2CCC2)cc([N+](=O)[O-])c1. The predicted octanol–water partition coefficient (Wildman–Crippen LogP) is 3.51. The first-order valence-corrected chi connectivity index (χ1v) is 6.15. The number of rotatable bonds is 5. The van der Waals surface area contributed by atoms with Crippen molar-refractivity contribution in [3.05, 3.63) is 33.9 Å². The first-order valence-electron chi connectivity index (χ1n) is 6.15. The number of nitro groups is 1. The summed E-state index contributed by atoms with van der Waals surface area (Å²) in [6, 6.07) is 5.15. The number of nitro benzene ring substituents is 1. The molecule has 1 aliphatic carbocycles. The smallest absolute Gasteiger partial charge is 0.271 e. The van der Waals surface area contributed by atoms with Crippen molar-refractivity contribution in [2.45, 2.75) is 32.6 Å². The molecule has 0 amide bonds. The lowest BCUT2D eigenvalue weighted by Gasteiger charge is -2.25. The van der Waals surface area contributed by atoms with Crippen molar-refractivity contribution in [2.24, 2.45) is 5.92 Å². The van der Waals surface area contributed by atoms with Gasteiger partial charge < -0.3 is 5.32 Å². The van der Waals surface area contributed by atoms with Crippen LogP contribution in [0, 0.1) is 23.0 Å². The third kappa shape index (κ3) is 3.19. The van der Waals surface area contributed by atoms with Gasteiger partial charge in [-0.25, -0.2) is 0 Å². The van der Waals surface area contributed by atoms with Gasteiger partial charge in [0.2, 0.25) is 0 Å². The third-order valence-electron chi connectivity index (χ3n) is 3.38. The van der Waals surface area contributed by atoms with Gasteiger partial charge in [0, 0.05) is 24.4 Å². The molecule has 0 aromatic heterocycles. The topological polar surface area (TPSA) is 55.2 Å².